The highest BCUT2D eigenvalue weighted by atomic mass is 35.5. The number of phenols is 1. The van der Waals surface area contributed by atoms with Gasteiger partial charge in [-0.1, -0.05) is 39.3 Å². The lowest BCUT2D eigenvalue weighted by atomic mass is 9.58. The van der Waals surface area contributed by atoms with E-state index in [0.29, 0.717) is 34.7 Å². The standard InChI is InChI=1S/C34H44ClN3O7/c1-7-38(21-13-17-8-9-33(21,4)32(17,2)3)14-16-12-20(39)23-18(25(16)35)10-15-11-19-26(37(5)6)28(41)24(31(36)44)30(43)34(19,45)29(42)22(15)27(23)40/h12,15,17,19,21,26,39,41-42,45H,7-11,13-14H2,1-6H3,(H2,36,44)/t15-,17?,19-,21+,26-,33?,34-/m0/s1. The number of aliphatic hydroxyl groups excluding tert-OH is 2. The lowest BCUT2D eigenvalue weighted by molar-refractivity contribution is -0.148. The van der Waals surface area contributed by atoms with Gasteiger partial charge in [0.25, 0.3) is 5.91 Å². The highest BCUT2D eigenvalue weighted by molar-refractivity contribution is 6.33. The van der Waals surface area contributed by atoms with Crippen LogP contribution < -0.4 is 5.73 Å². The number of aliphatic hydroxyl groups is 3. The van der Waals surface area contributed by atoms with E-state index >= 15 is 0 Å². The van der Waals surface area contributed by atoms with Crippen LogP contribution in [-0.4, -0.2) is 86.0 Å². The molecule has 7 atom stereocenters. The summed E-state index contributed by atoms with van der Waals surface area (Å²) in [5.74, 6) is -6.11. The van der Waals surface area contributed by atoms with Crippen LogP contribution in [0.3, 0.4) is 0 Å². The molecule has 0 heterocycles. The van der Waals surface area contributed by atoms with Gasteiger partial charge in [-0.05, 0) is 92.6 Å². The summed E-state index contributed by atoms with van der Waals surface area (Å²) in [7, 11) is 3.21. The first-order valence-electron chi connectivity index (χ1n) is 15.8. The number of fused-ring (bicyclic) bond motifs is 5. The zero-order chi connectivity index (χ0) is 33.1. The first-order valence-corrected chi connectivity index (χ1v) is 16.2. The molecular weight excluding hydrogens is 598 g/mol. The molecule has 5 aliphatic rings. The van der Waals surface area contributed by atoms with Gasteiger partial charge in [-0.2, -0.15) is 0 Å². The van der Waals surface area contributed by atoms with E-state index in [2.05, 4.69) is 32.6 Å². The number of likely N-dealkylation sites (N-methyl/N-ethyl adjacent to an activating group) is 1. The number of aromatic hydroxyl groups is 1. The number of halogens is 1. The van der Waals surface area contributed by atoms with Crippen molar-refractivity contribution in [1.29, 1.82) is 0 Å². The number of rotatable bonds is 6. The molecule has 0 spiro atoms. The number of hydrogen-bond acceptors (Lipinski definition) is 9. The summed E-state index contributed by atoms with van der Waals surface area (Å²) >= 11 is 7.07. The largest absolute Gasteiger partial charge is 0.510 e. The molecule has 6 rings (SSSR count). The number of benzene rings is 1. The van der Waals surface area contributed by atoms with Crippen molar-refractivity contribution >= 4 is 29.1 Å². The Morgan fingerprint density at radius 1 is 1.13 bits per heavy atom. The number of amides is 1. The molecule has 2 fully saturated rings. The van der Waals surface area contributed by atoms with Gasteiger partial charge in [0.2, 0.25) is 5.78 Å². The highest BCUT2D eigenvalue weighted by Crippen LogP contribution is 2.66. The third kappa shape index (κ3) is 4.08. The van der Waals surface area contributed by atoms with Gasteiger partial charge < -0.3 is 26.2 Å². The molecule has 1 aromatic rings. The van der Waals surface area contributed by atoms with Crippen molar-refractivity contribution in [3.8, 4) is 5.75 Å². The van der Waals surface area contributed by atoms with Crippen LogP contribution in [0.1, 0.15) is 74.9 Å². The fraction of sp³-hybridized carbons (Fsp3) is 0.618. The number of hydrogen-bond donors (Lipinski definition) is 5. The molecule has 11 heteroatoms. The minimum Gasteiger partial charge on any atom is -0.510 e. The Hall–Kier alpha value is -2.92. The van der Waals surface area contributed by atoms with Gasteiger partial charge in [-0.3, -0.25) is 24.2 Å². The third-order valence-electron chi connectivity index (χ3n) is 12.7. The molecule has 0 aromatic heterocycles. The summed E-state index contributed by atoms with van der Waals surface area (Å²) in [6.45, 7) is 10.6. The van der Waals surface area contributed by atoms with E-state index in [-0.39, 0.29) is 40.6 Å². The van der Waals surface area contributed by atoms with E-state index in [1.807, 2.05) is 0 Å². The minimum absolute atomic E-state index is 0.0189. The molecule has 1 aromatic carbocycles. The molecular formula is C34H44ClN3O7. The predicted octanol–water partition coefficient (Wildman–Crippen LogP) is 3.81. The molecule has 2 bridgehead atoms. The topological polar surface area (TPSA) is 165 Å². The summed E-state index contributed by atoms with van der Waals surface area (Å²) in [5, 5.41) is 45.9. The summed E-state index contributed by atoms with van der Waals surface area (Å²) < 4.78 is 0. The SMILES string of the molecule is CCN(Cc1cc(O)c2c(c1Cl)C[C@H]1C[C@H]3[C@H](N(C)C)C(O)=C(C(N)=O)C(=O)[C@@]3(O)C(O)=C1C2=O)[C@@H]1CC2CCC1(C)C2(C)C. The van der Waals surface area contributed by atoms with Gasteiger partial charge in [-0.25, -0.2) is 0 Å². The van der Waals surface area contributed by atoms with E-state index in [1.54, 1.807) is 14.1 Å². The zero-order valence-electron chi connectivity index (χ0n) is 26.8. The van der Waals surface area contributed by atoms with Gasteiger partial charge in [-0.15, -0.1) is 0 Å². The maximum atomic E-state index is 14.0. The average molecular weight is 642 g/mol. The quantitative estimate of drug-likeness (QED) is 0.291. The first-order chi connectivity index (χ1) is 20.9. The molecule has 1 amide bonds. The summed E-state index contributed by atoms with van der Waals surface area (Å²) in [5.41, 5.74) is 3.19. The van der Waals surface area contributed by atoms with Crippen molar-refractivity contribution < 1.29 is 34.8 Å². The number of phenolic OH excluding ortho intramolecular Hbond substituents is 1. The molecule has 0 saturated heterocycles. The maximum absolute atomic E-state index is 14.0. The molecule has 2 unspecified atom stereocenters. The van der Waals surface area contributed by atoms with Crippen LogP contribution in [0.25, 0.3) is 0 Å². The minimum atomic E-state index is -2.67. The van der Waals surface area contributed by atoms with Crippen LogP contribution in [-0.2, 0) is 22.6 Å². The van der Waals surface area contributed by atoms with Gasteiger partial charge >= 0.3 is 0 Å². The average Bonchev–Trinajstić information content (AvgIpc) is 3.29. The normalized spacial score (nSPS) is 35.3. The second-order valence-corrected chi connectivity index (χ2v) is 15.3. The van der Waals surface area contributed by atoms with Crippen LogP contribution in [0.4, 0.5) is 0 Å². The molecule has 0 radical (unpaired) electrons. The molecule has 5 aliphatic carbocycles. The molecule has 6 N–H and O–H groups in total. The summed E-state index contributed by atoms with van der Waals surface area (Å²) in [6, 6.07) is 0.823. The van der Waals surface area contributed by atoms with Gasteiger partial charge in [0.05, 0.1) is 11.6 Å². The number of nitrogens with zero attached hydrogens (tertiary/aromatic N) is 2. The van der Waals surface area contributed by atoms with Gasteiger partial charge in [0, 0.05) is 29.1 Å². The van der Waals surface area contributed by atoms with Crippen molar-refractivity contribution in [2.75, 3.05) is 20.6 Å². The van der Waals surface area contributed by atoms with Crippen molar-refractivity contribution in [3.63, 3.8) is 0 Å². The number of primary amides is 1. The number of Topliss-reactive ketones (excluding diaryl/α,β-unsaturated/α-hetero) is 2. The lowest BCUT2D eigenvalue weighted by Gasteiger charge is -2.50. The molecule has 10 nitrogen and oxygen atoms in total. The van der Waals surface area contributed by atoms with Crippen LogP contribution in [0.5, 0.6) is 5.75 Å². The number of carbonyl (C=O) groups excluding carboxylic acids is 3. The summed E-state index contributed by atoms with van der Waals surface area (Å²) in [4.78, 5) is 43.7. The zero-order valence-corrected chi connectivity index (χ0v) is 27.5. The van der Waals surface area contributed by atoms with Crippen molar-refractivity contribution in [1.82, 2.24) is 9.80 Å². The Bertz CT molecular complexity index is 1600. The Kier molecular flexibility index (Phi) is 7.33. The second kappa shape index (κ2) is 10.3. The van der Waals surface area contributed by atoms with E-state index in [0.717, 1.165) is 13.0 Å². The van der Waals surface area contributed by atoms with E-state index in [1.165, 1.54) is 23.8 Å². The number of ketones is 2. The Morgan fingerprint density at radius 2 is 1.80 bits per heavy atom. The Balaban J connectivity index is 1.40. The first kappa shape index (κ1) is 32.0. The summed E-state index contributed by atoms with van der Waals surface area (Å²) in [6.07, 6.45) is 3.69. The number of nitrogens with two attached hydrogens (primary N) is 1. The molecule has 244 valence electrons. The second-order valence-electron chi connectivity index (χ2n) is 14.9. The van der Waals surface area contributed by atoms with Crippen LogP contribution in [0.15, 0.2) is 28.7 Å². The molecule has 45 heavy (non-hydrogen) atoms. The number of allylic oxidation sites excluding steroid dienone is 1. The van der Waals surface area contributed by atoms with Crippen molar-refractivity contribution in [3.05, 3.63) is 50.4 Å². The monoisotopic (exact) mass is 641 g/mol. The van der Waals surface area contributed by atoms with Crippen LogP contribution >= 0.6 is 11.6 Å². The third-order valence-corrected chi connectivity index (χ3v) is 13.2. The van der Waals surface area contributed by atoms with Crippen molar-refractivity contribution in [2.24, 2.45) is 34.3 Å². The van der Waals surface area contributed by atoms with Crippen LogP contribution in [0, 0.1) is 28.6 Å². The Morgan fingerprint density at radius 3 is 2.33 bits per heavy atom. The van der Waals surface area contributed by atoms with Gasteiger partial charge in [0.1, 0.15) is 22.8 Å². The van der Waals surface area contributed by atoms with Gasteiger partial charge in [0.15, 0.2) is 11.4 Å². The van der Waals surface area contributed by atoms with E-state index < -0.39 is 58.0 Å². The predicted molar refractivity (Wildman–Crippen MR) is 168 cm³/mol. The van der Waals surface area contributed by atoms with Crippen molar-refractivity contribution in [2.45, 2.75) is 84.0 Å². The molecule has 2 saturated carbocycles. The fourth-order valence-corrected chi connectivity index (χ4v) is 10.1. The van der Waals surface area contributed by atoms with E-state index in [4.69, 9.17) is 17.3 Å². The van der Waals surface area contributed by atoms with E-state index in [9.17, 15) is 34.8 Å². The lowest BCUT2D eigenvalue weighted by Crippen LogP contribution is -2.63. The fourth-order valence-electron chi connectivity index (χ4n) is 9.84. The van der Waals surface area contributed by atoms with Crippen LogP contribution in [0.2, 0.25) is 5.02 Å². The molecule has 0 aliphatic heterocycles. The Labute approximate surface area is 268 Å². The maximum Gasteiger partial charge on any atom is 0.255 e. The number of carbonyl (C=O) groups is 3. The smallest absolute Gasteiger partial charge is 0.255 e. The highest BCUT2D eigenvalue weighted by Gasteiger charge is 2.64.